The minimum absolute atomic E-state index is 0.0403. The van der Waals surface area contributed by atoms with E-state index in [4.69, 9.17) is 14.6 Å². The van der Waals surface area contributed by atoms with Crippen LogP contribution in [0.3, 0.4) is 0 Å². The average molecular weight is 212 g/mol. The molecule has 0 saturated carbocycles. The molecule has 2 N–H and O–H groups in total. The third-order valence-corrected chi connectivity index (χ3v) is 1.89. The molecule has 0 fully saturated rings. The Morgan fingerprint density at radius 2 is 1.87 bits per heavy atom. The summed E-state index contributed by atoms with van der Waals surface area (Å²) in [5.74, 6) is 0.563. The van der Waals surface area contributed by atoms with Gasteiger partial charge in [0.1, 0.15) is 5.75 Å². The molecule has 2 unspecified atom stereocenters. The van der Waals surface area contributed by atoms with Gasteiger partial charge >= 0.3 is 0 Å². The van der Waals surface area contributed by atoms with Gasteiger partial charge < -0.3 is 19.7 Å². The number of rotatable bonds is 5. The summed E-state index contributed by atoms with van der Waals surface area (Å²) in [5.41, 5.74) is 0.701. The molecule has 4 nitrogen and oxygen atoms in total. The number of aliphatic hydroxyl groups excluding tert-OH is 2. The summed E-state index contributed by atoms with van der Waals surface area (Å²) in [6.45, 7) is 3.13. The van der Waals surface area contributed by atoms with Crippen molar-refractivity contribution in [1.82, 2.24) is 0 Å². The van der Waals surface area contributed by atoms with Gasteiger partial charge in [-0.3, -0.25) is 0 Å². The molecule has 1 aromatic rings. The molecule has 2 atom stereocenters. The molecule has 1 rings (SSSR count). The molecule has 0 amide bonds. The molecule has 0 aliphatic heterocycles. The zero-order valence-corrected chi connectivity index (χ0v) is 8.88. The van der Waals surface area contributed by atoms with Crippen LogP contribution >= 0.6 is 0 Å². The van der Waals surface area contributed by atoms with E-state index in [0.717, 1.165) is 0 Å². The summed E-state index contributed by atoms with van der Waals surface area (Å²) >= 11 is 0. The van der Waals surface area contributed by atoms with Gasteiger partial charge in [0.25, 0.3) is 0 Å². The van der Waals surface area contributed by atoms with Gasteiger partial charge in [-0.2, -0.15) is 0 Å². The fraction of sp³-hybridized carbons (Fsp3) is 0.455. The molecule has 15 heavy (non-hydrogen) atoms. The van der Waals surface area contributed by atoms with E-state index in [1.165, 1.54) is 6.92 Å². The number of para-hydroxylation sites is 1. The summed E-state index contributed by atoms with van der Waals surface area (Å²) in [6.07, 6.45) is -1.45. The Labute approximate surface area is 89.1 Å². The fourth-order valence-corrected chi connectivity index (χ4v) is 1.15. The normalized spacial score (nSPS) is 14.7. The molecular formula is C11H16O4. The van der Waals surface area contributed by atoms with Crippen LogP contribution in [0.5, 0.6) is 5.75 Å². The topological polar surface area (TPSA) is 58.9 Å². The van der Waals surface area contributed by atoms with E-state index in [1.54, 1.807) is 19.1 Å². The van der Waals surface area contributed by atoms with Crippen LogP contribution in [0.4, 0.5) is 0 Å². The Morgan fingerprint density at radius 1 is 1.20 bits per heavy atom. The smallest absolute Gasteiger partial charge is 0.191 e. The van der Waals surface area contributed by atoms with Crippen LogP contribution in [-0.4, -0.2) is 23.3 Å². The highest BCUT2D eigenvalue weighted by molar-refractivity contribution is 5.34. The summed E-state index contributed by atoms with van der Waals surface area (Å²) < 4.78 is 10.1. The van der Waals surface area contributed by atoms with Gasteiger partial charge in [0.15, 0.2) is 13.1 Å². The average Bonchev–Trinajstić information content (AvgIpc) is 2.17. The predicted octanol–water partition coefficient (Wildman–Crippen LogP) is 1.43. The van der Waals surface area contributed by atoms with E-state index < -0.39 is 12.4 Å². The van der Waals surface area contributed by atoms with Gasteiger partial charge in [0.05, 0.1) is 6.10 Å². The quantitative estimate of drug-likeness (QED) is 0.725. The van der Waals surface area contributed by atoms with Crippen molar-refractivity contribution in [3.05, 3.63) is 29.8 Å². The highest BCUT2D eigenvalue weighted by Crippen LogP contribution is 2.24. The van der Waals surface area contributed by atoms with Crippen LogP contribution in [0.1, 0.15) is 25.5 Å². The van der Waals surface area contributed by atoms with Crippen LogP contribution < -0.4 is 4.74 Å². The number of benzene rings is 1. The van der Waals surface area contributed by atoms with E-state index in [1.807, 2.05) is 12.1 Å². The molecule has 0 radical (unpaired) electrons. The second-order valence-electron chi connectivity index (χ2n) is 3.24. The van der Waals surface area contributed by atoms with Crippen LogP contribution in [0.25, 0.3) is 0 Å². The van der Waals surface area contributed by atoms with Crippen molar-refractivity contribution in [2.75, 3.05) is 6.79 Å². The van der Waals surface area contributed by atoms with Crippen LogP contribution in [0, 0.1) is 0 Å². The van der Waals surface area contributed by atoms with E-state index in [2.05, 4.69) is 0 Å². The molecule has 0 bridgehead atoms. The number of aliphatic hydroxyl groups is 2. The maximum Gasteiger partial charge on any atom is 0.191 e. The molecule has 0 aliphatic carbocycles. The summed E-state index contributed by atoms with van der Waals surface area (Å²) in [5, 5.41) is 18.3. The van der Waals surface area contributed by atoms with E-state index in [9.17, 15) is 5.11 Å². The summed E-state index contributed by atoms with van der Waals surface area (Å²) in [7, 11) is 0. The van der Waals surface area contributed by atoms with Crippen molar-refractivity contribution in [1.29, 1.82) is 0 Å². The molecule has 0 aromatic heterocycles. The first kappa shape index (κ1) is 12.0. The highest BCUT2D eigenvalue weighted by Gasteiger charge is 2.08. The lowest BCUT2D eigenvalue weighted by Crippen LogP contribution is -2.12. The lowest BCUT2D eigenvalue weighted by Gasteiger charge is -2.13. The van der Waals surface area contributed by atoms with Crippen LogP contribution in [0.15, 0.2) is 24.3 Å². The second-order valence-corrected chi connectivity index (χ2v) is 3.24. The number of hydrogen-bond acceptors (Lipinski definition) is 4. The Morgan fingerprint density at radius 3 is 2.47 bits per heavy atom. The lowest BCUT2D eigenvalue weighted by molar-refractivity contribution is -0.131. The third kappa shape index (κ3) is 3.87. The highest BCUT2D eigenvalue weighted by atomic mass is 16.7. The van der Waals surface area contributed by atoms with Gasteiger partial charge in [-0.05, 0) is 19.9 Å². The SMILES string of the molecule is CC(O)OCOc1ccccc1C(C)O. The van der Waals surface area contributed by atoms with E-state index in [0.29, 0.717) is 11.3 Å². The number of ether oxygens (including phenoxy) is 2. The Hall–Kier alpha value is -1.10. The zero-order chi connectivity index (χ0) is 11.3. The monoisotopic (exact) mass is 212 g/mol. The Bertz CT molecular complexity index is 296. The Balaban J connectivity index is 2.59. The third-order valence-electron chi connectivity index (χ3n) is 1.89. The molecule has 0 spiro atoms. The molecule has 0 aliphatic rings. The van der Waals surface area contributed by atoms with Crippen molar-refractivity contribution in [2.45, 2.75) is 26.2 Å². The molecular weight excluding hydrogens is 196 g/mol. The zero-order valence-electron chi connectivity index (χ0n) is 8.88. The maximum atomic E-state index is 9.44. The lowest BCUT2D eigenvalue weighted by atomic mass is 10.1. The van der Waals surface area contributed by atoms with E-state index in [-0.39, 0.29) is 6.79 Å². The van der Waals surface area contributed by atoms with Crippen molar-refractivity contribution in [3.8, 4) is 5.75 Å². The van der Waals surface area contributed by atoms with Crippen LogP contribution in [0.2, 0.25) is 0 Å². The minimum Gasteiger partial charge on any atom is -0.467 e. The molecule has 1 aromatic carbocycles. The first-order chi connectivity index (χ1) is 7.11. The first-order valence-corrected chi connectivity index (χ1v) is 4.80. The van der Waals surface area contributed by atoms with Crippen LogP contribution in [-0.2, 0) is 4.74 Å². The van der Waals surface area contributed by atoms with Gasteiger partial charge in [-0.1, -0.05) is 18.2 Å². The molecule has 0 heterocycles. The largest absolute Gasteiger partial charge is 0.467 e. The van der Waals surface area contributed by atoms with Crippen molar-refractivity contribution in [2.24, 2.45) is 0 Å². The number of hydrogen-bond donors (Lipinski definition) is 2. The standard InChI is InChI=1S/C11H16O4/c1-8(12)10-5-3-4-6-11(10)15-7-14-9(2)13/h3-6,8-9,12-13H,7H2,1-2H3. The van der Waals surface area contributed by atoms with Gasteiger partial charge in [-0.15, -0.1) is 0 Å². The molecule has 0 saturated heterocycles. The van der Waals surface area contributed by atoms with Crippen molar-refractivity contribution >= 4 is 0 Å². The second kappa shape index (κ2) is 5.70. The van der Waals surface area contributed by atoms with Crippen molar-refractivity contribution < 1.29 is 19.7 Å². The fourth-order valence-electron chi connectivity index (χ4n) is 1.15. The minimum atomic E-state index is -0.858. The summed E-state index contributed by atoms with van der Waals surface area (Å²) in [4.78, 5) is 0. The van der Waals surface area contributed by atoms with Gasteiger partial charge in [0, 0.05) is 5.56 Å². The molecule has 4 heteroatoms. The van der Waals surface area contributed by atoms with Crippen molar-refractivity contribution in [3.63, 3.8) is 0 Å². The van der Waals surface area contributed by atoms with Gasteiger partial charge in [-0.25, -0.2) is 0 Å². The maximum absolute atomic E-state index is 9.44. The van der Waals surface area contributed by atoms with E-state index >= 15 is 0 Å². The van der Waals surface area contributed by atoms with Gasteiger partial charge in [0.2, 0.25) is 0 Å². The first-order valence-electron chi connectivity index (χ1n) is 4.80. The predicted molar refractivity (Wildman–Crippen MR) is 55.3 cm³/mol. The Kier molecular flexibility index (Phi) is 4.55. The molecule has 84 valence electrons. The summed E-state index contributed by atoms with van der Waals surface area (Å²) in [6, 6.07) is 7.16.